The molecule has 0 heterocycles. The molecule has 0 aliphatic heterocycles. The molecule has 4 heteroatoms. The number of anilines is 1. The summed E-state index contributed by atoms with van der Waals surface area (Å²) >= 11 is 0. The number of allylic oxidation sites excluding steroid dienone is 1. The van der Waals surface area contributed by atoms with Gasteiger partial charge in [-0.3, -0.25) is 4.79 Å². The molecule has 0 unspecified atom stereocenters. The van der Waals surface area contributed by atoms with E-state index in [0.29, 0.717) is 11.3 Å². The molecule has 0 spiro atoms. The highest BCUT2D eigenvalue weighted by molar-refractivity contribution is 5.93. The Hall–Kier alpha value is -2.12. The summed E-state index contributed by atoms with van der Waals surface area (Å²) in [5.74, 6) is -0.115. The van der Waals surface area contributed by atoms with E-state index >= 15 is 0 Å². The Morgan fingerprint density at radius 3 is 2.90 bits per heavy atom. The molecule has 2 N–H and O–H groups in total. The molecule has 2 rings (SSSR count). The van der Waals surface area contributed by atoms with Crippen LogP contribution in [-0.4, -0.2) is 19.0 Å². The molecule has 1 aromatic rings. The van der Waals surface area contributed by atoms with E-state index in [2.05, 4.69) is 22.8 Å². The molecule has 1 aliphatic carbocycles. The minimum atomic E-state index is -0.115. The Kier molecular flexibility index (Phi) is 5.99. The van der Waals surface area contributed by atoms with E-state index in [-0.39, 0.29) is 12.5 Å². The van der Waals surface area contributed by atoms with Crippen LogP contribution < -0.4 is 10.6 Å². The van der Waals surface area contributed by atoms with E-state index in [0.717, 1.165) is 13.0 Å². The largest absolute Gasteiger partial charge is 0.324 e. The maximum Gasteiger partial charge on any atom is 0.238 e. The highest BCUT2D eigenvalue weighted by atomic mass is 16.1. The second-order valence-electron chi connectivity index (χ2n) is 5.24. The fourth-order valence-electron chi connectivity index (χ4n) is 2.47. The van der Waals surface area contributed by atoms with Crippen LogP contribution in [0.3, 0.4) is 0 Å². The van der Waals surface area contributed by atoms with E-state index in [4.69, 9.17) is 5.26 Å². The maximum absolute atomic E-state index is 11.8. The highest BCUT2D eigenvalue weighted by Crippen LogP contribution is 2.19. The Bertz CT molecular complexity index is 557. The standard InChI is InChI=1S/C17H21N3O/c18-12-15-8-4-5-9-16(15)20-17(21)13-19-11-10-14-6-2-1-3-7-14/h4-6,8-9,19H,1-3,7,10-11,13H2,(H,20,21). The maximum atomic E-state index is 11.8. The normalized spacial score (nSPS) is 14.1. The molecule has 1 amide bonds. The number of nitriles is 1. The first-order valence-electron chi connectivity index (χ1n) is 7.47. The second-order valence-corrected chi connectivity index (χ2v) is 5.24. The number of hydrogen-bond acceptors (Lipinski definition) is 3. The summed E-state index contributed by atoms with van der Waals surface area (Å²) in [4.78, 5) is 11.8. The smallest absolute Gasteiger partial charge is 0.238 e. The monoisotopic (exact) mass is 283 g/mol. The fourth-order valence-corrected chi connectivity index (χ4v) is 2.47. The van der Waals surface area contributed by atoms with Gasteiger partial charge in [-0.2, -0.15) is 5.26 Å². The molecule has 0 radical (unpaired) electrons. The number of para-hydroxylation sites is 1. The molecular weight excluding hydrogens is 262 g/mol. The summed E-state index contributed by atoms with van der Waals surface area (Å²) in [5, 5.41) is 14.9. The summed E-state index contributed by atoms with van der Waals surface area (Å²) in [6.07, 6.45) is 8.33. The third kappa shape index (κ3) is 5.05. The number of nitrogens with zero attached hydrogens (tertiary/aromatic N) is 1. The van der Waals surface area contributed by atoms with Crippen LogP contribution in [0.15, 0.2) is 35.9 Å². The van der Waals surface area contributed by atoms with Gasteiger partial charge in [0.2, 0.25) is 5.91 Å². The van der Waals surface area contributed by atoms with Gasteiger partial charge in [0.05, 0.1) is 17.8 Å². The van der Waals surface area contributed by atoms with Gasteiger partial charge in [-0.25, -0.2) is 0 Å². The van der Waals surface area contributed by atoms with Crippen LogP contribution in [0.5, 0.6) is 0 Å². The number of carbonyl (C=O) groups is 1. The van der Waals surface area contributed by atoms with Gasteiger partial charge in [-0.15, -0.1) is 0 Å². The van der Waals surface area contributed by atoms with Gasteiger partial charge in [0.15, 0.2) is 0 Å². The summed E-state index contributed by atoms with van der Waals surface area (Å²) < 4.78 is 0. The predicted molar refractivity (Wildman–Crippen MR) is 83.8 cm³/mol. The molecule has 0 saturated carbocycles. The molecule has 1 aliphatic rings. The number of nitrogens with one attached hydrogen (secondary N) is 2. The van der Waals surface area contributed by atoms with Crippen molar-refractivity contribution in [2.45, 2.75) is 32.1 Å². The Balaban J connectivity index is 1.70. The molecule has 0 saturated heterocycles. The van der Waals surface area contributed by atoms with Crippen LogP contribution in [0.2, 0.25) is 0 Å². The number of benzene rings is 1. The van der Waals surface area contributed by atoms with Gasteiger partial charge < -0.3 is 10.6 Å². The highest BCUT2D eigenvalue weighted by Gasteiger charge is 2.06. The van der Waals surface area contributed by atoms with Crippen molar-refractivity contribution in [3.63, 3.8) is 0 Å². The molecule has 0 aromatic heterocycles. The zero-order chi connectivity index (χ0) is 14.9. The SMILES string of the molecule is N#Cc1ccccc1NC(=O)CNCCC1=CCCCC1. The molecule has 21 heavy (non-hydrogen) atoms. The van der Waals surface area contributed by atoms with Crippen LogP contribution in [0.25, 0.3) is 0 Å². The van der Waals surface area contributed by atoms with Crippen molar-refractivity contribution in [2.24, 2.45) is 0 Å². The molecular formula is C17H21N3O. The molecule has 0 fully saturated rings. The van der Waals surface area contributed by atoms with Crippen molar-refractivity contribution in [1.82, 2.24) is 5.32 Å². The van der Waals surface area contributed by atoms with Crippen molar-refractivity contribution in [1.29, 1.82) is 5.26 Å². The zero-order valence-corrected chi connectivity index (χ0v) is 12.2. The minimum Gasteiger partial charge on any atom is -0.324 e. The van der Waals surface area contributed by atoms with Crippen LogP contribution >= 0.6 is 0 Å². The molecule has 0 bridgehead atoms. The van der Waals surface area contributed by atoms with Crippen LogP contribution in [0, 0.1) is 11.3 Å². The van der Waals surface area contributed by atoms with Gasteiger partial charge in [0.1, 0.15) is 6.07 Å². The van der Waals surface area contributed by atoms with E-state index in [9.17, 15) is 4.79 Å². The second kappa shape index (κ2) is 8.23. The Morgan fingerprint density at radius 1 is 1.29 bits per heavy atom. The fraction of sp³-hybridized carbons (Fsp3) is 0.412. The lowest BCUT2D eigenvalue weighted by molar-refractivity contribution is -0.115. The quantitative estimate of drug-likeness (QED) is 0.623. The summed E-state index contributed by atoms with van der Waals surface area (Å²) in [6, 6.07) is 9.09. The Labute approximate surface area is 125 Å². The van der Waals surface area contributed by atoms with Crippen LogP contribution in [-0.2, 0) is 4.79 Å². The van der Waals surface area contributed by atoms with Gasteiger partial charge in [0.25, 0.3) is 0 Å². The topological polar surface area (TPSA) is 64.9 Å². The van der Waals surface area contributed by atoms with E-state index < -0.39 is 0 Å². The lowest BCUT2D eigenvalue weighted by atomic mass is 9.97. The molecule has 0 atom stereocenters. The van der Waals surface area contributed by atoms with E-state index in [1.54, 1.807) is 24.3 Å². The number of hydrogen-bond donors (Lipinski definition) is 2. The predicted octanol–water partition coefficient (Wildman–Crippen LogP) is 2.98. The average molecular weight is 283 g/mol. The van der Waals surface area contributed by atoms with Gasteiger partial charge >= 0.3 is 0 Å². The molecule has 4 nitrogen and oxygen atoms in total. The summed E-state index contributed by atoms with van der Waals surface area (Å²) in [5.41, 5.74) is 2.56. The lowest BCUT2D eigenvalue weighted by Gasteiger charge is -2.13. The third-order valence-corrected chi connectivity index (χ3v) is 3.62. The van der Waals surface area contributed by atoms with Crippen LogP contribution in [0.1, 0.15) is 37.7 Å². The van der Waals surface area contributed by atoms with Gasteiger partial charge in [-0.1, -0.05) is 23.8 Å². The molecule has 110 valence electrons. The number of rotatable bonds is 6. The van der Waals surface area contributed by atoms with Crippen molar-refractivity contribution >= 4 is 11.6 Å². The third-order valence-electron chi connectivity index (χ3n) is 3.62. The average Bonchev–Trinajstić information content (AvgIpc) is 2.53. The van der Waals surface area contributed by atoms with Crippen molar-refractivity contribution in [3.8, 4) is 6.07 Å². The van der Waals surface area contributed by atoms with Crippen LogP contribution in [0.4, 0.5) is 5.69 Å². The first kappa shape index (κ1) is 15.3. The van der Waals surface area contributed by atoms with E-state index in [1.807, 2.05) is 0 Å². The summed E-state index contributed by atoms with van der Waals surface area (Å²) in [6.45, 7) is 1.09. The van der Waals surface area contributed by atoms with E-state index in [1.165, 1.54) is 31.3 Å². The van der Waals surface area contributed by atoms with Gasteiger partial charge in [-0.05, 0) is 50.8 Å². The minimum absolute atomic E-state index is 0.115. The first-order valence-corrected chi connectivity index (χ1v) is 7.47. The zero-order valence-electron chi connectivity index (χ0n) is 12.2. The van der Waals surface area contributed by atoms with Crippen molar-refractivity contribution < 1.29 is 4.79 Å². The first-order chi connectivity index (χ1) is 10.3. The summed E-state index contributed by atoms with van der Waals surface area (Å²) in [7, 11) is 0. The van der Waals surface area contributed by atoms with Crippen molar-refractivity contribution in [2.75, 3.05) is 18.4 Å². The number of carbonyl (C=O) groups excluding carboxylic acids is 1. The number of amides is 1. The lowest BCUT2D eigenvalue weighted by Crippen LogP contribution is -2.29. The van der Waals surface area contributed by atoms with Crippen molar-refractivity contribution in [3.05, 3.63) is 41.5 Å². The molecule has 1 aromatic carbocycles. The van der Waals surface area contributed by atoms with Gasteiger partial charge in [0, 0.05) is 0 Å². The Morgan fingerprint density at radius 2 is 2.14 bits per heavy atom.